The fraction of sp³-hybridized carbons (Fsp3) is 0.158. The third-order valence-electron chi connectivity index (χ3n) is 4.04. The van der Waals surface area contributed by atoms with Gasteiger partial charge in [-0.1, -0.05) is 12.1 Å². The summed E-state index contributed by atoms with van der Waals surface area (Å²) < 4.78 is 31.5. The van der Waals surface area contributed by atoms with Crippen molar-refractivity contribution in [2.24, 2.45) is 0 Å². The van der Waals surface area contributed by atoms with E-state index in [2.05, 4.69) is 5.32 Å². The van der Waals surface area contributed by atoms with Crippen molar-refractivity contribution in [3.8, 4) is 5.75 Å². The van der Waals surface area contributed by atoms with E-state index in [1.54, 1.807) is 0 Å². The number of carbonyl (C=O) groups is 2. The van der Waals surface area contributed by atoms with Crippen LogP contribution in [0.15, 0.2) is 54.7 Å². The molecule has 0 aromatic heterocycles. The topological polar surface area (TPSA) is 58.6 Å². The van der Waals surface area contributed by atoms with Crippen molar-refractivity contribution in [3.05, 3.63) is 71.9 Å². The van der Waals surface area contributed by atoms with E-state index in [4.69, 9.17) is 4.74 Å². The normalized spacial score (nSPS) is 16.5. The molecule has 2 aromatic carbocycles. The number of nitrogens with zero attached hydrogens (tertiary/aromatic N) is 1. The van der Waals surface area contributed by atoms with Crippen LogP contribution in [0.3, 0.4) is 0 Å². The van der Waals surface area contributed by atoms with Gasteiger partial charge in [-0.05, 0) is 35.9 Å². The Labute approximate surface area is 148 Å². The molecule has 2 amide bonds. The van der Waals surface area contributed by atoms with Crippen LogP contribution in [-0.4, -0.2) is 23.8 Å². The molecule has 1 N–H and O–H groups in total. The van der Waals surface area contributed by atoms with Crippen molar-refractivity contribution in [2.45, 2.75) is 12.5 Å². The summed E-state index contributed by atoms with van der Waals surface area (Å²) in [6.07, 6.45) is 2.78. The Morgan fingerprint density at radius 3 is 2.62 bits per heavy atom. The fourth-order valence-corrected chi connectivity index (χ4v) is 2.72. The highest BCUT2D eigenvalue weighted by molar-refractivity contribution is 5.96. The summed E-state index contributed by atoms with van der Waals surface area (Å²) >= 11 is 0. The van der Waals surface area contributed by atoms with Gasteiger partial charge in [-0.15, -0.1) is 0 Å². The Morgan fingerprint density at radius 1 is 1.19 bits per heavy atom. The average Bonchev–Trinajstić information content (AvgIpc) is 2.63. The lowest BCUT2D eigenvalue weighted by Crippen LogP contribution is -2.37. The lowest BCUT2D eigenvalue weighted by molar-refractivity contribution is -0.116. The van der Waals surface area contributed by atoms with Crippen molar-refractivity contribution < 1.29 is 23.1 Å². The summed E-state index contributed by atoms with van der Waals surface area (Å²) in [5.41, 5.74) is 0.979. The van der Waals surface area contributed by atoms with E-state index in [9.17, 15) is 18.4 Å². The summed E-state index contributed by atoms with van der Waals surface area (Å²) in [5.74, 6) is -1.08. The van der Waals surface area contributed by atoms with Crippen molar-refractivity contribution in [1.29, 1.82) is 0 Å². The zero-order valence-corrected chi connectivity index (χ0v) is 13.9. The van der Waals surface area contributed by atoms with Crippen molar-refractivity contribution >= 4 is 17.5 Å². The van der Waals surface area contributed by atoms with E-state index < -0.39 is 23.7 Å². The van der Waals surface area contributed by atoms with Crippen LogP contribution in [0.25, 0.3) is 0 Å². The number of hydrogen-bond acceptors (Lipinski definition) is 3. The summed E-state index contributed by atoms with van der Waals surface area (Å²) in [4.78, 5) is 25.8. The summed E-state index contributed by atoms with van der Waals surface area (Å²) in [5, 5.41) is 2.64. The van der Waals surface area contributed by atoms with Gasteiger partial charge < -0.3 is 10.1 Å². The molecule has 5 nitrogen and oxygen atoms in total. The van der Waals surface area contributed by atoms with Gasteiger partial charge in [-0.3, -0.25) is 9.69 Å². The number of urea groups is 1. The van der Waals surface area contributed by atoms with Crippen LogP contribution in [0.5, 0.6) is 5.75 Å². The van der Waals surface area contributed by atoms with Gasteiger partial charge >= 0.3 is 6.03 Å². The van der Waals surface area contributed by atoms with Crippen LogP contribution in [-0.2, 0) is 4.79 Å². The first-order valence-corrected chi connectivity index (χ1v) is 7.87. The molecule has 0 bridgehead atoms. The van der Waals surface area contributed by atoms with Gasteiger partial charge in [0.25, 0.3) is 0 Å². The Morgan fingerprint density at radius 2 is 1.92 bits per heavy atom. The molecule has 0 unspecified atom stereocenters. The first-order chi connectivity index (χ1) is 12.5. The number of anilines is 1. The van der Waals surface area contributed by atoms with Crippen LogP contribution >= 0.6 is 0 Å². The second-order valence-corrected chi connectivity index (χ2v) is 5.74. The van der Waals surface area contributed by atoms with Crippen LogP contribution < -0.4 is 10.1 Å². The van der Waals surface area contributed by atoms with Crippen LogP contribution in [0, 0.1) is 11.6 Å². The van der Waals surface area contributed by atoms with E-state index >= 15 is 0 Å². The molecule has 1 aliphatic rings. The quantitative estimate of drug-likeness (QED) is 0.901. The van der Waals surface area contributed by atoms with E-state index in [0.29, 0.717) is 11.3 Å². The lowest BCUT2D eigenvalue weighted by Gasteiger charge is -2.31. The number of methoxy groups -OCH3 is 1. The third kappa shape index (κ3) is 3.72. The van der Waals surface area contributed by atoms with Gasteiger partial charge in [0.2, 0.25) is 0 Å². The predicted octanol–water partition coefficient (Wildman–Crippen LogP) is 4.04. The molecule has 1 atom stereocenters. The molecule has 0 saturated heterocycles. The highest BCUT2D eigenvalue weighted by atomic mass is 19.1. The van der Waals surface area contributed by atoms with Crippen molar-refractivity contribution in [3.63, 3.8) is 0 Å². The lowest BCUT2D eigenvalue weighted by atomic mass is 9.97. The molecule has 134 valence electrons. The Hall–Kier alpha value is -3.22. The van der Waals surface area contributed by atoms with Gasteiger partial charge in [0.15, 0.2) is 17.3 Å². The fourth-order valence-electron chi connectivity index (χ4n) is 2.72. The minimum absolute atomic E-state index is 0.00208. The van der Waals surface area contributed by atoms with Crippen LogP contribution in [0.4, 0.5) is 19.3 Å². The maximum atomic E-state index is 13.5. The molecule has 26 heavy (non-hydrogen) atoms. The SMILES string of the molecule is COc1cc(NC(=O)N2C=CC(=O)C[C@H]2c2ccc(F)cc2)ccc1F. The number of carbonyl (C=O) groups excluding carboxylic acids is 2. The molecule has 0 radical (unpaired) electrons. The highest BCUT2D eigenvalue weighted by Crippen LogP contribution is 2.30. The molecular weight excluding hydrogens is 342 g/mol. The maximum absolute atomic E-state index is 13.5. The van der Waals surface area contributed by atoms with Gasteiger partial charge in [0.1, 0.15) is 5.82 Å². The second kappa shape index (κ2) is 7.35. The maximum Gasteiger partial charge on any atom is 0.326 e. The molecule has 0 saturated carbocycles. The number of allylic oxidation sites excluding steroid dienone is 1. The Balaban J connectivity index is 1.84. The Kier molecular flexibility index (Phi) is 4.97. The minimum Gasteiger partial charge on any atom is -0.494 e. The highest BCUT2D eigenvalue weighted by Gasteiger charge is 2.29. The number of rotatable bonds is 3. The first-order valence-electron chi connectivity index (χ1n) is 7.87. The van der Waals surface area contributed by atoms with Crippen molar-refractivity contribution in [2.75, 3.05) is 12.4 Å². The zero-order chi connectivity index (χ0) is 18.7. The van der Waals surface area contributed by atoms with Crippen molar-refractivity contribution in [1.82, 2.24) is 4.90 Å². The van der Waals surface area contributed by atoms with Crippen LogP contribution in [0.2, 0.25) is 0 Å². The monoisotopic (exact) mass is 358 g/mol. The smallest absolute Gasteiger partial charge is 0.326 e. The van der Waals surface area contributed by atoms with Gasteiger partial charge in [0.05, 0.1) is 13.2 Å². The number of halogens is 2. The minimum atomic E-state index is -0.560. The molecule has 1 aliphatic heterocycles. The molecule has 0 aliphatic carbocycles. The van der Waals surface area contributed by atoms with Gasteiger partial charge in [0, 0.05) is 24.4 Å². The third-order valence-corrected chi connectivity index (χ3v) is 4.04. The van der Waals surface area contributed by atoms with E-state index in [-0.39, 0.29) is 18.0 Å². The number of ether oxygens (including phenoxy) is 1. The number of nitrogens with one attached hydrogen (secondary N) is 1. The molecular formula is C19H16F2N2O3. The van der Waals surface area contributed by atoms with E-state index in [1.807, 2.05) is 0 Å². The average molecular weight is 358 g/mol. The van der Waals surface area contributed by atoms with Crippen LogP contribution in [0.1, 0.15) is 18.0 Å². The summed E-state index contributed by atoms with van der Waals surface area (Å²) in [6, 6.07) is 8.51. The number of amides is 2. The molecule has 7 heteroatoms. The molecule has 2 aromatic rings. The largest absolute Gasteiger partial charge is 0.494 e. The molecule has 3 rings (SSSR count). The second-order valence-electron chi connectivity index (χ2n) is 5.74. The molecule has 0 fully saturated rings. The first kappa shape index (κ1) is 17.6. The number of ketones is 1. The van der Waals surface area contributed by atoms with Gasteiger partial charge in [-0.2, -0.15) is 0 Å². The number of hydrogen-bond donors (Lipinski definition) is 1. The van der Waals surface area contributed by atoms with E-state index in [0.717, 1.165) is 0 Å². The van der Waals surface area contributed by atoms with E-state index in [1.165, 1.54) is 66.8 Å². The summed E-state index contributed by atoms with van der Waals surface area (Å²) in [7, 11) is 1.33. The predicted molar refractivity (Wildman–Crippen MR) is 91.7 cm³/mol. The zero-order valence-electron chi connectivity index (χ0n) is 13.9. The summed E-state index contributed by atoms with van der Waals surface area (Å²) in [6.45, 7) is 0. The molecule has 1 heterocycles. The molecule has 0 spiro atoms. The Bertz CT molecular complexity index is 866. The standard InChI is InChI=1S/C19H16F2N2O3/c1-26-18-10-14(6-7-16(18)21)22-19(25)23-9-8-15(24)11-17(23)12-2-4-13(20)5-3-12/h2-10,17H,11H2,1H3,(H,22,25)/t17-/m0/s1. The number of benzene rings is 2. The van der Waals surface area contributed by atoms with Gasteiger partial charge in [-0.25, -0.2) is 13.6 Å².